The van der Waals surface area contributed by atoms with Crippen LogP contribution in [0.25, 0.3) is 10.2 Å². The monoisotopic (exact) mass is 330 g/mol. The van der Waals surface area contributed by atoms with E-state index >= 15 is 0 Å². The first-order valence-electron chi connectivity index (χ1n) is 7.08. The highest BCUT2D eigenvalue weighted by molar-refractivity contribution is 7.20. The first-order chi connectivity index (χ1) is 11.1. The lowest BCUT2D eigenvalue weighted by Gasteiger charge is -2.03. The van der Waals surface area contributed by atoms with Gasteiger partial charge in [-0.15, -0.1) is 11.3 Å². The van der Waals surface area contributed by atoms with Gasteiger partial charge in [0.25, 0.3) is 5.56 Å². The number of esters is 1. The van der Waals surface area contributed by atoms with Crippen LogP contribution < -0.4 is 11.2 Å². The number of rotatable bonds is 4. The summed E-state index contributed by atoms with van der Waals surface area (Å²) in [6.45, 7) is 2.36. The molecule has 0 aliphatic rings. The number of H-pyrrole nitrogens is 1. The Hall–Kier alpha value is -2.67. The van der Waals surface area contributed by atoms with Crippen molar-refractivity contribution < 1.29 is 9.53 Å². The largest absolute Gasteiger partial charge is 0.457 e. The van der Waals surface area contributed by atoms with Crippen LogP contribution in [0.5, 0.6) is 0 Å². The first-order valence-corrected chi connectivity index (χ1v) is 7.89. The van der Waals surface area contributed by atoms with Crippen LogP contribution in [-0.4, -0.2) is 15.5 Å². The van der Waals surface area contributed by atoms with Crippen molar-refractivity contribution in [2.75, 3.05) is 0 Å². The van der Waals surface area contributed by atoms with Crippen LogP contribution in [-0.2, 0) is 17.9 Å². The van der Waals surface area contributed by atoms with E-state index in [0.29, 0.717) is 21.6 Å². The van der Waals surface area contributed by atoms with E-state index < -0.39 is 17.2 Å². The quantitative estimate of drug-likeness (QED) is 0.743. The van der Waals surface area contributed by atoms with Gasteiger partial charge in [0.05, 0.1) is 5.39 Å². The zero-order chi connectivity index (χ0) is 16.4. The van der Waals surface area contributed by atoms with E-state index in [0.717, 1.165) is 16.9 Å². The third-order valence-electron chi connectivity index (χ3n) is 3.40. The molecule has 0 unspecified atom stereocenters. The molecule has 0 amide bonds. The summed E-state index contributed by atoms with van der Waals surface area (Å²) in [7, 11) is 0. The van der Waals surface area contributed by atoms with Gasteiger partial charge in [0, 0.05) is 6.54 Å². The number of thiophene rings is 1. The Labute approximate surface area is 135 Å². The molecule has 0 saturated carbocycles. The van der Waals surface area contributed by atoms with Crippen molar-refractivity contribution in [2.24, 2.45) is 0 Å². The van der Waals surface area contributed by atoms with Crippen molar-refractivity contribution >= 4 is 27.5 Å². The minimum absolute atomic E-state index is 0.158. The molecule has 0 atom stereocenters. The normalized spacial score (nSPS) is 10.8. The highest BCUT2D eigenvalue weighted by atomic mass is 32.1. The maximum Gasteiger partial charge on any atom is 0.348 e. The molecule has 3 rings (SSSR count). The van der Waals surface area contributed by atoms with Gasteiger partial charge in [-0.3, -0.25) is 14.3 Å². The molecule has 0 bridgehead atoms. The summed E-state index contributed by atoms with van der Waals surface area (Å²) in [5.74, 6) is -0.510. The molecule has 0 radical (unpaired) electrons. The predicted octanol–water partition coefficient (Wildman–Crippen LogP) is 2.13. The van der Waals surface area contributed by atoms with Gasteiger partial charge in [-0.2, -0.15) is 0 Å². The molecule has 7 heteroatoms. The van der Waals surface area contributed by atoms with Crippen molar-refractivity contribution in [3.8, 4) is 0 Å². The second-order valence-electron chi connectivity index (χ2n) is 4.89. The molecule has 0 aliphatic heterocycles. The van der Waals surface area contributed by atoms with E-state index in [1.54, 1.807) is 6.92 Å². The molecular formula is C16H14N2O4S. The fourth-order valence-electron chi connectivity index (χ4n) is 2.25. The van der Waals surface area contributed by atoms with E-state index in [1.807, 2.05) is 30.3 Å². The van der Waals surface area contributed by atoms with Crippen molar-refractivity contribution in [1.82, 2.24) is 9.55 Å². The number of carbonyl (C=O) groups excluding carboxylic acids is 1. The number of ether oxygens (including phenoxy) is 1. The number of hydrogen-bond donors (Lipinski definition) is 1. The molecule has 118 valence electrons. The summed E-state index contributed by atoms with van der Waals surface area (Å²) in [5, 5.41) is 0.322. The van der Waals surface area contributed by atoms with E-state index in [4.69, 9.17) is 4.74 Å². The fraction of sp³-hybridized carbons (Fsp3) is 0.188. The average Bonchev–Trinajstić information content (AvgIpc) is 2.99. The molecule has 1 aromatic carbocycles. The maximum atomic E-state index is 12.2. The Morgan fingerprint density at radius 2 is 2.00 bits per heavy atom. The smallest absolute Gasteiger partial charge is 0.348 e. The number of aromatic amines is 1. The molecule has 23 heavy (non-hydrogen) atoms. The van der Waals surface area contributed by atoms with Crippen LogP contribution in [0.15, 0.2) is 46.0 Å². The zero-order valence-electron chi connectivity index (χ0n) is 12.4. The summed E-state index contributed by atoms with van der Waals surface area (Å²) in [4.78, 5) is 38.8. The number of fused-ring (bicyclic) bond motifs is 1. The van der Waals surface area contributed by atoms with Gasteiger partial charge >= 0.3 is 11.7 Å². The van der Waals surface area contributed by atoms with E-state index in [9.17, 15) is 14.4 Å². The number of benzene rings is 1. The van der Waals surface area contributed by atoms with Crippen molar-refractivity contribution in [1.29, 1.82) is 0 Å². The van der Waals surface area contributed by atoms with Crippen LogP contribution in [0, 0.1) is 0 Å². The van der Waals surface area contributed by atoms with Gasteiger partial charge in [-0.25, -0.2) is 9.59 Å². The standard InChI is InChI=1S/C16H14N2O4S/c1-2-18-14-11(13(19)17-16(18)21)8-12(23-14)15(20)22-9-10-6-4-3-5-7-10/h3-8H,2,9H2,1H3,(H,17,19,21). The lowest BCUT2D eigenvalue weighted by atomic mass is 10.2. The topological polar surface area (TPSA) is 81.2 Å². The van der Waals surface area contributed by atoms with Gasteiger partial charge in [-0.1, -0.05) is 30.3 Å². The Balaban J connectivity index is 1.91. The van der Waals surface area contributed by atoms with E-state index in [1.165, 1.54) is 10.6 Å². The average molecular weight is 330 g/mol. The molecule has 0 spiro atoms. The minimum Gasteiger partial charge on any atom is -0.457 e. The summed E-state index contributed by atoms with van der Waals surface area (Å²) in [6, 6.07) is 10.8. The lowest BCUT2D eigenvalue weighted by molar-refractivity contribution is 0.0478. The maximum absolute atomic E-state index is 12.2. The van der Waals surface area contributed by atoms with Gasteiger partial charge in [0.2, 0.25) is 0 Å². The Morgan fingerprint density at radius 1 is 1.26 bits per heavy atom. The number of nitrogens with zero attached hydrogens (tertiary/aromatic N) is 1. The lowest BCUT2D eigenvalue weighted by Crippen LogP contribution is -2.28. The van der Waals surface area contributed by atoms with Gasteiger partial charge < -0.3 is 4.74 Å². The van der Waals surface area contributed by atoms with Crippen molar-refractivity contribution in [3.63, 3.8) is 0 Å². The number of aromatic nitrogens is 2. The molecule has 0 saturated heterocycles. The molecule has 0 fully saturated rings. The molecule has 0 aliphatic carbocycles. The molecule has 2 aromatic heterocycles. The summed E-state index contributed by atoms with van der Waals surface area (Å²) < 4.78 is 6.69. The fourth-order valence-corrected chi connectivity index (χ4v) is 3.36. The first kappa shape index (κ1) is 15.2. The van der Waals surface area contributed by atoms with Gasteiger partial charge in [-0.05, 0) is 18.6 Å². The Bertz CT molecular complexity index is 969. The Morgan fingerprint density at radius 3 is 2.70 bits per heavy atom. The number of nitrogens with one attached hydrogen (secondary N) is 1. The highest BCUT2D eigenvalue weighted by Gasteiger charge is 2.16. The zero-order valence-corrected chi connectivity index (χ0v) is 13.2. The third kappa shape index (κ3) is 2.95. The highest BCUT2D eigenvalue weighted by Crippen LogP contribution is 2.23. The SMILES string of the molecule is CCn1c(=O)[nH]c(=O)c2cc(C(=O)OCc3ccccc3)sc21. The molecule has 2 heterocycles. The predicted molar refractivity (Wildman–Crippen MR) is 87.9 cm³/mol. The van der Waals surface area contributed by atoms with Crippen LogP contribution in [0.3, 0.4) is 0 Å². The molecular weight excluding hydrogens is 316 g/mol. The molecule has 1 N–H and O–H groups in total. The number of carbonyl (C=O) groups is 1. The van der Waals surface area contributed by atoms with Gasteiger partial charge in [0.1, 0.15) is 16.3 Å². The summed E-state index contributed by atoms with van der Waals surface area (Å²) in [5.41, 5.74) is -0.0885. The van der Waals surface area contributed by atoms with Gasteiger partial charge in [0.15, 0.2) is 0 Å². The third-order valence-corrected chi connectivity index (χ3v) is 4.54. The summed E-state index contributed by atoms with van der Waals surface area (Å²) in [6.07, 6.45) is 0. The van der Waals surface area contributed by atoms with Crippen LogP contribution in [0.4, 0.5) is 0 Å². The number of aryl methyl sites for hydroxylation is 1. The van der Waals surface area contributed by atoms with Crippen molar-refractivity contribution in [3.05, 3.63) is 67.7 Å². The van der Waals surface area contributed by atoms with E-state index in [-0.39, 0.29) is 6.61 Å². The summed E-state index contributed by atoms with van der Waals surface area (Å²) >= 11 is 1.09. The minimum atomic E-state index is -0.510. The second-order valence-corrected chi connectivity index (χ2v) is 5.93. The van der Waals surface area contributed by atoms with Crippen molar-refractivity contribution in [2.45, 2.75) is 20.1 Å². The van der Waals surface area contributed by atoms with E-state index in [2.05, 4.69) is 4.98 Å². The van der Waals surface area contributed by atoms with Crippen LogP contribution in [0.2, 0.25) is 0 Å². The molecule has 3 aromatic rings. The second kappa shape index (κ2) is 6.21. The van der Waals surface area contributed by atoms with Crippen LogP contribution in [0.1, 0.15) is 22.2 Å². The van der Waals surface area contributed by atoms with Crippen LogP contribution >= 0.6 is 11.3 Å². The molecule has 6 nitrogen and oxygen atoms in total. The Kier molecular flexibility index (Phi) is 4.12. The number of hydrogen-bond acceptors (Lipinski definition) is 5.